The molecule has 0 aliphatic rings. The zero-order valence-electron chi connectivity index (χ0n) is 10.1. The summed E-state index contributed by atoms with van der Waals surface area (Å²) in [6, 6.07) is 6.33. The van der Waals surface area contributed by atoms with E-state index in [0.29, 0.717) is 22.0 Å². The molecule has 1 N–H and O–H groups in total. The van der Waals surface area contributed by atoms with Crippen molar-refractivity contribution < 1.29 is 0 Å². The third-order valence-electron chi connectivity index (χ3n) is 3.20. The van der Waals surface area contributed by atoms with Gasteiger partial charge in [0.2, 0.25) is 0 Å². The summed E-state index contributed by atoms with van der Waals surface area (Å²) in [5.41, 5.74) is 1.14. The monoisotopic (exact) mass is 259 g/mol. The second-order valence-electron chi connectivity index (χ2n) is 4.16. The Morgan fingerprint density at radius 2 is 2.00 bits per heavy atom. The Morgan fingerprint density at radius 1 is 1.31 bits per heavy atom. The lowest BCUT2D eigenvalue weighted by Crippen LogP contribution is -2.31. The Morgan fingerprint density at radius 3 is 2.56 bits per heavy atom. The van der Waals surface area contributed by atoms with Gasteiger partial charge in [-0.15, -0.1) is 0 Å². The summed E-state index contributed by atoms with van der Waals surface area (Å²) in [5, 5.41) is 4.64. The van der Waals surface area contributed by atoms with E-state index < -0.39 is 0 Å². The fourth-order valence-electron chi connectivity index (χ4n) is 1.90. The Hall–Kier alpha value is -0.240. The second kappa shape index (κ2) is 6.48. The van der Waals surface area contributed by atoms with E-state index in [0.717, 1.165) is 18.4 Å². The van der Waals surface area contributed by atoms with Crippen LogP contribution >= 0.6 is 23.2 Å². The SMILES string of the molecule is CCC(Cc1cccc(Cl)c1Cl)C(C)NC. The molecule has 0 saturated heterocycles. The minimum absolute atomic E-state index is 0.486. The minimum atomic E-state index is 0.486. The summed E-state index contributed by atoms with van der Waals surface area (Å²) in [7, 11) is 1.99. The summed E-state index contributed by atoms with van der Waals surface area (Å²) in [6.45, 7) is 4.41. The minimum Gasteiger partial charge on any atom is -0.317 e. The van der Waals surface area contributed by atoms with Crippen molar-refractivity contribution in [3.8, 4) is 0 Å². The van der Waals surface area contributed by atoms with Crippen LogP contribution in [0.1, 0.15) is 25.8 Å². The van der Waals surface area contributed by atoms with Crippen LogP contribution in [-0.4, -0.2) is 13.1 Å². The fraction of sp³-hybridized carbons (Fsp3) is 0.538. The second-order valence-corrected chi connectivity index (χ2v) is 4.95. The highest BCUT2D eigenvalue weighted by atomic mass is 35.5. The molecule has 0 spiro atoms. The largest absolute Gasteiger partial charge is 0.317 e. The fourth-order valence-corrected chi connectivity index (χ4v) is 2.30. The number of nitrogens with one attached hydrogen (secondary N) is 1. The standard InChI is InChI=1S/C13H19Cl2N/c1-4-10(9(2)16-3)8-11-6-5-7-12(14)13(11)15/h5-7,9-10,16H,4,8H2,1-3H3. The van der Waals surface area contributed by atoms with E-state index in [9.17, 15) is 0 Å². The topological polar surface area (TPSA) is 12.0 Å². The molecule has 1 aromatic rings. The summed E-state index contributed by atoms with van der Waals surface area (Å²) in [4.78, 5) is 0. The normalized spacial score (nSPS) is 14.8. The van der Waals surface area contributed by atoms with Gasteiger partial charge in [0.05, 0.1) is 10.0 Å². The van der Waals surface area contributed by atoms with Crippen molar-refractivity contribution >= 4 is 23.2 Å². The summed E-state index contributed by atoms with van der Waals surface area (Å²) < 4.78 is 0. The molecule has 0 aromatic heterocycles. The van der Waals surface area contributed by atoms with Crippen LogP contribution < -0.4 is 5.32 Å². The maximum atomic E-state index is 6.19. The van der Waals surface area contributed by atoms with E-state index in [1.54, 1.807) is 0 Å². The number of halogens is 2. The molecule has 0 bridgehead atoms. The van der Waals surface area contributed by atoms with Crippen molar-refractivity contribution in [1.82, 2.24) is 5.32 Å². The summed E-state index contributed by atoms with van der Waals surface area (Å²) in [6.07, 6.45) is 2.10. The molecule has 90 valence electrons. The Labute approximate surface area is 108 Å². The van der Waals surface area contributed by atoms with Crippen LogP contribution in [0.3, 0.4) is 0 Å². The highest BCUT2D eigenvalue weighted by Crippen LogP contribution is 2.28. The molecule has 16 heavy (non-hydrogen) atoms. The van der Waals surface area contributed by atoms with Gasteiger partial charge in [-0.05, 0) is 37.9 Å². The zero-order valence-corrected chi connectivity index (χ0v) is 11.6. The van der Waals surface area contributed by atoms with E-state index in [-0.39, 0.29) is 0 Å². The molecule has 0 saturated carbocycles. The highest BCUT2D eigenvalue weighted by Gasteiger charge is 2.16. The summed E-state index contributed by atoms with van der Waals surface area (Å²) in [5.74, 6) is 0.584. The van der Waals surface area contributed by atoms with Gasteiger partial charge >= 0.3 is 0 Å². The molecule has 0 heterocycles. The average Bonchev–Trinajstić information content (AvgIpc) is 2.30. The van der Waals surface area contributed by atoms with Crippen molar-refractivity contribution in [2.75, 3.05) is 7.05 Å². The van der Waals surface area contributed by atoms with Crippen molar-refractivity contribution in [2.24, 2.45) is 5.92 Å². The molecule has 0 aliphatic carbocycles. The molecule has 1 nitrogen and oxygen atoms in total. The number of hydrogen-bond donors (Lipinski definition) is 1. The molecule has 0 radical (unpaired) electrons. The smallest absolute Gasteiger partial charge is 0.0624 e. The third kappa shape index (κ3) is 3.38. The predicted octanol–water partition coefficient (Wildman–Crippen LogP) is 4.17. The van der Waals surface area contributed by atoms with E-state index >= 15 is 0 Å². The molecule has 1 aromatic carbocycles. The Kier molecular flexibility index (Phi) is 5.60. The molecule has 0 amide bonds. The third-order valence-corrected chi connectivity index (χ3v) is 4.06. The molecule has 0 fully saturated rings. The maximum Gasteiger partial charge on any atom is 0.0624 e. The van der Waals surface area contributed by atoms with Gasteiger partial charge in [-0.3, -0.25) is 0 Å². The van der Waals surface area contributed by atoms with Crippen molar-refractivity contribution in [3.05, 3.63) is 33.8 Å². The highest BCUT2D eigenvalue weighted by molar-refractivity contribution is 6.42. The maximum absolute atomic E-state index is 6.19. The average molecular weight is 260 g/mol. The van der Waals surface area contributed by atoms with Gasteiger partial charge in [0.25, 0.3) is 0 Å². The van der Waals surface area contributed by atoms with E-state index in [1.165, 1.54) is 0 Å². The van der Waals surface area contributed by atoms with Crippen LogP contribution in [0.15, 0.2) is 18.2 Å². The molecule has 3 heteroatoms. The summed E-state index contributed by atoms with van der Waals surface area (Å²) >= 11 is 12.2. The van der Waals surface area contributed by atoms with Gasteiger partial charge in [-0.1, -0.05) is 48.7 Å². The van der Waals surface area contributed by atoms with E-state index in [1.807, 2.05) is 19.2 Å². The van der Waals surface area contributed by atoms with Crippen LogP contribution in [0, 0.1) is 5.92 Å². The predicted molar refractivity (Wildman–Crippen MR) is 72.5 cm³/mol. The first-order valence-corrected chi connectivity index (χ1v) is 6.45. The van der Waals surface area contributed by atoms with Gasteiger partial charge < -0.3 is 5.32 Å². The lowest BCUT2D eigenvalue weighted by molar-refractivity contribution is 0.381. The van der Waals surface area contributed by atoms with Gasteiger partial charge in [0.1, 0.15) is 0 Å². The molecular weight excluding hydrogens is 241 g/mol. The van der Waals surface area contributed by atoms with E-state index in [2.05, 4.69) is 25.2 Å². The number of benzene rings is 1. The van der Waals surface area contributed by atoms with Crippen LogP contribution in [0.2, 0.25) is 10.0 Å². The van der Waals surface area contributed by atoms with Gasteiger partial charge in [-0.2, -0.15) is 0 Å². The van der Waals surface area contributed by atoms with Gasteiger partial charge in [0, 0.05) is 6.04 Å². The van der Waals surface area contributed by atoms with E-state index in [4.69, 9.17) is 23.2 Å². The van der Waals surface area contributed by atoms with Crippen molar-refractivity contribution in [2.45, 2.75) is 32.7 Å². The van der Waals surface area contributed by atoms with Crippen molar-refractivity contribution in [3.63, 3.8) is 0 Å². The molecular formula is C13H19Cl2N. The van der Waals surface area contributed by atoms with Crippen LogP contribution in [-0.2, 0) is 6.42 Å². The van der Waals surface area contributed by atoms with Gasteiger partial charge in [0.15, 0.2) is 0 Å². The van der Waals surface area contributed by atoms with Crippen molar-refractivity contribution in [1.29, 1.82) is 0 Å². The Bertz CT molecular complexity index is 339. The molecule has 1 rings (SSSR count). The Balaban J connectivity index is 2.82. The first-order valence-electron chi connectivity index (χ1n) is 5.70. The van der Waals surface area contributed by atoms with Crippen LogP contribution in [0.4, 0.5) is 0 Å². The van der Waals surface area contributed by atoms with Crippen LogP contribution in [0.25, 0.3) is 0 Å². The van der Waals surface area contributed by atoms with Crippen LogP contribution in [0.5, 0.6) is 0 Å². The lowest BCUT2D eigenvalue weighted by Gasteiger charge is -2.22. The first-order chi connectivity index (χ1) is 7.60. The molecule has 0 aliphatic heterocycles. The zero-order chi connectivity index (χ0) is 12.1. The molecule has 2 atom stereocenters. The number of hydrogen-bond acceptors (Lipinski definition) is 1. The number of rotatable bonds is 5. The molecule has 2 unspecified atom stereocenters. The lowest BCUT2D eigenvalue weighted by atomic mass is 9.91. The van der Waals surface area contributed by atoms with Gasteiger partial charge in [-0.25, -0.2) is 0 Å². The quantitative estimate of drug-likeness (QED) is 0.837. The first kappa shape index (κ1) is 13.8.